The van der Waals surface area contributed by atoms with E-state index < -0.39 is 6.10 Å². The molecule has 0 radical (unpaired) electrons. The Labute approximate surface area is 124 Å². The fraction of sp³-hybridized carbons (Fsp3) is 0.143. The van der Waals surface area contributed by atoms with E-state index in [1.165, 1.54) is 0 Å². The molecule has 4 heteroatoms. The van der Waals surface area contributed by atoms with Gasteiger partial charge in [-0.15, -0.1) is 11.8 Å². The molecule has 0 saturated heterocycles. The zero-order valence-electron chi connectivity index (χ0n) is 9.51. The van der Waals surface area contributed by atoms with Gasteiger partial charge in [-0.1, -0.05) is 41.9 Å². The van der Waals surface area contributed by atoms with Gasteiger partial charge in [0.2, 0.25) is 0 Å². The van der Waals surface area contributed by atoms with Crippen LogP contribution in [0.4, 0.5) is 0 Å². The summed E-state index contributed by atoms with van der Waals surface area (Å²) < 4.78 is 1.04. The van der Waals surface area contributed by atoms with Crippen molar-refractivity contribution >= 4 is 39.3 Å². The normalized spacial score (nSPS) is 12.4. The molecule has 2 aromatic rings. The van der Waals surface area contributed by atoms with Crippen molar-refractivity contribution < 1.29 is 5.11 Å². The summed E-state index contributed by atoms with van der Waals surface area (Å²) in [6, 6.07) is 15.4. The molecule has 0 spiro atoms. The summed E-state index contributed by atoms with van der Waals surface area (Å²) in [6.45, 7) is 0. The lowest BCUT2D eigenvalue weighted by Crippen LogP contribution is -2.01. The van der Waals surface area contributed by atoms with Gasteiger partial charge < -0.3 is 5.11 Å². The van der Waals surface area contributed by atoms with E-state index in [1.807, 2.05) is 42.5 Å². The van der Waals surface area contributed by atoms with Crippen molar-refractivity contribution in [2.45, 2.75) is 11.0 Å². The first-order chi connectivity index (χ1) is 8.68. The molecular weight excluding hydrogens is 332 g/mol. The van der Waals surface area contributed by atoms with Gasteiger partial charge in [-0.2, -0.15) is 0 Å². The Kier molecular flexibility index (Phi) is 5.13. The molecule has 0 amide bonds. The molecule has 0 fully saturated rings. The third kappa shape index (κ3) is 3.51. The van der Waals surface area contributed by atoms with E-state index in [0.717, 1.165) is 14.9 Å². The molecule has 0 aromatic heterocycles. The minimum atomic E-state index is -0.559. The maximum Gasteiger partial charge on any atom is 0.0898 e. The predicted molar refractivity (Wildman–Crippen MR) is 81.3 cm³/mol. The van der Waals surface area contributed by atoms with Gasteiger partial charge in [-0.25, -0.2) is 0 Å². The number of rotatable bonds is 4. The zero-order valence-corrected chi connectivity index (χ0v) is 12.7. The van der Waals surface area contributed by atoms with Crippen molar-refractivity contribution in [1.82, 2.24) is 0 Å². The molecule has 18 heavy (non-hydrogen) atoms. The van der Waals surface area contributed by atoms with Gasteiger partial charge in [-0.3, -0.25) is 0 Å². The summed E-state index contributed by atoms with van der Waals surface area (Å²) in [4.78, 5) is 1.11. The Balaban J connectivity index is 2.03. The van der Waals surface area contributed by atoms with Crippen LogP contribution in [-0.4, -0.2) is 10.9 Å². The average Bonchev–Trinajstić information content (AvgIpc) is 2.38. The predicted octanol–water partition coefficient (Wildman–Crippen LogP) is 4.93. The number of thioether (sulfide) groups is 1. The molecule has 0 saturated carbocycles. The molecule has 1 N–H and O–H groups in total. The molecule has 0 aliphatic carbocycles. The van der Waals surface area contributed by atoms with Crippen LogP contribution in [0.15, 0.2) is 57.9 Å². The van der Waals surface area contributed by atoms with Crippen molar-refractivity contribution in [1.29, 1.82) is 0 Å². The monoisotopic (exact) mass is 342 g/mol. The second-order valence-electron chi connectivity index (χ2n) is 3.78. The summed E-state index contributed by atoms with van der Waals surface area (Å²) in [7, 11) is 0. The number of hydrogen-bond acceptors (Lipinski definition) is 2. The SMILES string of the molecule is OC(CSc1ccccc1Br)c1ccccc1Cl. The maximum absolute atomic E-state index is 10.1. The van der Waals surface area contributed by atoms with E-state index in [9.17, 15) is 5.11 Å². The van der Waals surface area contributed by atoms with Crippen molar-refractivity contribution in [3.63, 3.8) is 0 Å². The highest BCUT2D eigenvalue weighted by molar-refractivity contribution is 9.10. The number of hydrogen-bond donors (Lipinski definition) is 1. The van der Waals surface area contributed by atoms with Crippen molar-refractivity contribution in [2.24, 2.45) is 0 Å². The van der Waals surface area contributed by atoms with Crippen LogP contribution in [0.5, 0.6) is 0 Å². The summed E-state index contributed by atoms with van der Waals surface area (Å²) in [5.41, 5.74) is 0.777. The minimum Gasteiger partial charge on any atom is -0.387 e. The Morgan fingerprint density at radius 2 is 1.78 bits per heavy atom. The van der Waals surface area contributed by atoms with Gasteiger partial charge in [0.1, 0.15) is 0 Å². The van der Waals surface area contributed by atoms with E-state index >= 15 is 0 Å². The highest BCUT2D eigenvalue weighted by Gasteiger charge is 2.12. The van der Waals surface area contributed by atoms with E-state index in [0.29, 0.717) is 10.8 Å². The summed E-state index contributed by atoms with van der Waals surface area (Å²) in [6.07, 6.45) is -0.559. The molecule has 2 rings (SSSR count). The third-order valence-corrected chi connectivity index (χ3v) is 4.95. The molecule has 1 unspecified atom stereocenters. The Bertz CT molecular complexity index is 533. The van der Waals surface area contributed by atoms with Crippen LogP contribution >= 0.6 is 39.3 Å². The van der Waals surface area contributed by atoms with Gasteiger partial charge >= 0.3 is 0 Å². The van der Waals surface area contributed by atoms with E-state index in [1.54, 1.807) is 17.8 Å². The summed E-state index contributed by atoms with van der Waals surface area (Å²) in [5.74, 6) is 0.576. The molecule has 0 aliphatic heterocycles. The zero-order chi connectivity index (χ0) is 13.0. The standard InChI is InChI=1S/C14H12BrClOS/c15-11-6-2-4-8-14(11)18-9-13(17)10-5-1-3-7-12(10)16/h1-8,13,17H,9H2. The molecule has 0 bridgehead atoms. The van der Waals surface area contributed by atoms with Gasteiger partial charge in [0.05, 0.1) is 6.10 Å². The maximum atomic E-state index is 10.1. The lowest BCUT2D eigenvalue weighted by atomic mass is 10.1. The Morgan fingerprint density at radius 1 is 1.11 bits per heavy atom. The second kappa shape index (κ2) is 6.62. The van der Waals surface area contributed by atoms with Crippen molar-refractivity contribution in [3.8, 4) is 0 Å². The molecule has 94 valence electrons. The molecular formula is C14H12BrClOS. The van der Waals surface area contributed by atoms with Crippen molar-refractivity contribution in [2.75, 3.05) is 5.75 Å². The van der Waals surface area contributed by atoms with Crippen LogP contribution in [-0.2, 0) is 0 Å². The largest absolute Gasteiger partial charge is 0.387 e. The topological polar surface area (TPSA) is 20.2 Å². The minimum absolute atomic E-state index is 0.559. The van der Waals surface area contributed by atoms with E-state index in [-0.39, 0.29) is 0 Å². The number of aliphatic hydroxyl groups excluding tert-OH is 1. The average molecular weight is 344 g/mol. The lowest BCUT2D eigenvalue weighted by Gasteiger charge is -2.12. The quantitative estimate of drug-likeness (QED) is 0.794. The van der Waals surface area contributed by atoms with Crippen LogP contribution in [0.2, 0.25) is 5.02 Å². The lowest BCUT2D eigenvalue weighted by molar-refractivity contribution is 0.204. The van der Waals surface area contributed by atoms with Crippen LogP contribution in [0.1, 0.15) is 11.7 Å². The number of benzene rings is 2. The van der Waals surface area contributed by atoms with Crippen LogP contribution < -0.4 is 0 Å². The highest BCUT2D eigenvalue weighted by atomic mass is 79.9. The first-order valence-corrected chi connectivity index (χ1v) is 7.64. The van der Waals surface area contributed by atoms with Crippen LogP contribution in [0.3, 0.4) is 0 Å². The van der Waals surface area contributed by atoms with E-state index in [2.05, 4.69) is 15.9 Å². The Hall–Kier alpha value is -0.480. The molecule has 0 heterocycles. The van der Waals surface area contributed by atoms with Gasteiger partial charge in [-0.05, 0) is 39.7 Å². The summed E-state index contributed by atoms with van der Waals surface area (Å²) >= 11 is 11.1. The first-order valence-electron chi connectivity index (χ1n) is 5.48. The van der Waals surface area contributed by atoms with Crippen LogP contribution in [0.25, 0.3) is 0 Å². The molecule has 0 aliphatic rings. The third-order valence-electron chi connectivity index (χ3n) is 2.50. The smallest absolute Gasteiger partial charge is 0.0898 e. The number of aliphatic hydroxyl groups is 1. The second-order valence-corrected chi connectivity index (χ2v) is 6.10. The fourth-order valence-corrected chi connectivity index (χ4v) is 3.35. The first kappa shape index (κ1) is 13.9. The fourth-order valence-electron chi connectivity index (χ4n) is 1.57. The van der Waals surface area contributed by atoms with Gasteiger partial charge in [0.15, 0.2) is 0 Å². The molecule has 1 nitrogen and oxygen atoms in total. The Morgan fingerprint density at radius 3 is 2.50 bits per heavy atom. The van der Waals surface area contributed by atoms with Crippen LogP contribution in [0, 0.1) is 0 Å². The highest BCUT2D eigenvalue weighted by Crippen LogP contribution is 2.32. The van der Waals surface area contributed by atoms with E-state index in [4.69, 9.17) is 11.6 Å². The number of halogens is 2. The van der Waals surface area contributed by atoms with Crippen molar-refractivity contribution in [3.05, 3.63) is 63.6 Å². The summed E-state index contributed by atoms with van der Waals surface area (Å²) in [5, 5.41) is 10.7. The van der Waals surface area contributed by atoms with Gasteiger partial charge in [0, 0.05) is 20.1 Å². The molecule has 2 aromatic carbocycles. The molecule has 1 atom stereocenters. The van der Waals surface area contributed by atoms with Gasteiger partial charge in [0.25, 0.3) is 0 Å².